The zero-order valence-corrected chi connectivity index (χ0v) is 15.0. The van der Waals surface area contributed by atoms with E-state index in [1.54, 1.807) is 0 Å². The van der Waals surface area contributed by atoms with E-state index in [1.807, 2.05) is 0 Å². The summed E-state index contributed by atoms with van der Waals surface area (Å²) >= 11 is 0. The number of fused-ring (bicyclic) bond motifs is 1. The van der Waals surface area contributed by atoms with Gasteiger partial charge in [-0.15, -0.1) is 0 Å². The van der Waals surface area contributed by atoms with Crippen LogP contribution in [0.4, 0.5) is 0 Å². The molecule has 3 aromatic carbocycles. The van der Waals surface area contributed by atoms with E-state index in [0.29, 0.717) is 0 Å². The van der Waals surface area contributed by atoms with E-state index in [4.69, 9.17) is 0 Å². The third-order valence-corrected chi connectivity index (χ3v) is 4.80. The molecule has 0 heterocycles. The molecule has 0 unspecified atom stereocenters. The van der Waals surface area contributed by atoms with E-state index < -0.39 is 0 Å². The first-order chi connectivity index (χ1) is 11.8. The Morgan fingerprint density at radius 3 is 1.96 bits per heavy atom. The third kappa shape index (κ3) is 4.06. The van der Waals surface area contributed by atoms with Crippen LogP contribution in [-0.4, -0.2) is 0 Å². The monoisotopic (exact) mass is 316 g/mol. The van der Waals surface area contributed by atoms with Gasteiger partial charge >= 0.3 is 0 Å². The number of aryl methyl sites for hydroxylation is 2. The van der Waals surface area contributed by atoms with Gasteiger partial charge in [-0.1, -0.05) is 87.7 Å². The van der Waals surface area contributed by atoms with Crippen LogP contribution in [0.5, 0.6) is 0 Å². The van der Waals surface area contributed by atoms with Crippen molar-refractivity contribution in [1.82, 2.24) is 0 Å². The molecule has 0 nitrogen and oxygen atoms in total. The Balaban J connectivity index is 1.81. The number of benzene rings is 3. The second-order valence-electron chi connectivity index (χ2n) is 6.80. The molecule has 0 heteroatoms. The van der Waals surface area contributed by atoms with Crippen LogP contribution < -0.4 is 0 Å². The molecule has 0 aliphatic rings. The third-order valence-electron chi connectivity index (χ3n) is 4.80. The maximum atomic E-state index is 2.36. The molecule has 24 heavy (non-hydrogen) atoms. The summed E-state index contributed by atoms with van der Waals surface area (Å²) in [6, 6.07) is 22.8. The summed E-state index contributed by atoms with van der Waals surface area (Å²) in [6.45, 7) is 4.49. The average molecular weight is 316 g/mol. The fraction of sp³-hybridized carbons (Fsp3) is 0.333. The molecule has 0 radical (unpaired) electrons. The fourth-order valence-electron chi connectivity index (χ4n) is 3.36. The lowest BCUT2D eigenvalue weighted by atomic mass is 9.97. The second kappa shape index (κ2) is 8.15. The van der Waals surface area contributed by atoms with Crippen LogP contribution in [0, 0.1) is 0 Å². The molecule has 0 atom stereocenters. The highest BCUT2D eigenvalue weighted by Crippen LogP contribution is 2.26. The molecule has 0 spiro atoms. The minimum absolute atomic E-state index is 1.17. The molecule has 0 saturated heterocycles. The van der Waals surface area contributed by atoms with Crippen LogP contribution in [0.2, 0.25) is 0 Å². The normalized spacial score (nSPS) is 11.1. The van der Waals surface area contributed by atoms with Gasteiger partial charge in [0.25, 0.3) is 0 Å². The molecule has 3 aromatic rings. The van der Waals surface area contributed by atoms with Crippen molar-refractivity contribution in [1.29, 1.82) is 0 Å². The van der Waals surface area contributed by atoms with E-state index in [2.05, 4.69) is 74.5 Å². The predicted molar refractivity (Wildman–Crippen MR) is 107 cm³/mol. The van der Waals surface area contributed by atoms with Crippen LogP contribution in [0.3, 0.4) is 0 Å². The Labute approximate surface area is 146 Å². The topological polar surface area (TPSA) is 0 Å². The van der Waals surface area contributed by atoms with E-state index in [9.17, 15) is 0 Å². The molecular weight excluding hydrogens is 288 g/mol. The Morgan fingerprint density at radius 1 is 0.542 bits per heavy atom. The summed E-state index contributed by atoms with van der Waals surface area (Å²) in [6.07, 6.45) is 7.47. The van der Waals surface area contributed by atoms with Crippen LogP contribution in [0.1, 0.15) is 50.7 Å². The molecule has 0 amide bonds. The summed E-state index contributed by atoms with van der Waals surface area (Å²) in [4.78, 5) is 0. The van der Waals surface area contributed by atoms with Crippen molar-refractivity contribution >= 4 is 10.8 Å². The minimum Gasteiger partial charge on any atom is -0.0654 e. The summed E-state index contributed by atoms with van der Waals surface area (Å²) in [5.41, 5.74) is 5.51. The quantitative estimate of drug-likeness (QED) is 0.404. The first-order valence-corrected chi connectivity index (χ1v) is 9.42. The zero-order valence-electron chi connectivity index (χ0n) is 15.0. The number of rotatable bonds is 7. The van der Waals surface area contributed by atoms with Crippen LogP contribution in [-0.2, 0) is 12.8 Å². The Bertz CT molecular complexity index is 781. The number of hydrogen-bond acceptors (Lipinski definition) is 0. The van der Waals surface area contributed by atoms with Crippen molar-refractivity contribution in [3.63, 3.8) is 0 Å². The minimum atomic E-state index is 1.17. The standard InChI is InChI=1S/C24H28/c1-3-5-6-8-20-11-14-24-18-23(16-15-22(24)17-20)21-12-9-19(7-4-2)10-13-21/h9-18H,3-8H2,1-2H3. The maximum Gasteiger partial charge on any atom is -0.0178 e. The van der Waals surface area contributed by atoms with Gasteiger partial charge in [-0.25, -0.2) is 0 Å². The van der Waals surface area contributed by atoms with Crippen molar-refractivity contribution in [3.8, 4) is 11.1 Å². The van der Waals surface area contributed by atoms with Crippen LogP contribution in [0.15, 0.2) is 60.7 Å². The molecule has 0 aliphatic heterocycles. The van der Waals surface area contributed by atoms with Gasteiger partial charge in [0.05, 0.1) is 0 Å². The molecule has 0 aliphatic carbocycles. The van der Waals surface area contributed by atoms with Crippen molar-refractivity contribution < 1.29 is 0 Å². The van der Waals surface area contributed by atoms with Crippen molar-refractivity contribution in [3.05, 3.63) is 71.8 Å². The lowest BCUT2D eigenvalue weighted by molar-refractivity contribution is 0.718. The van der Waals surface area contributed by atoms with Crippen molar-refractivity contribution in [2.24, 2.45) is 0 Å². The number of unbranched alkanes of at least 4 members (excludes halogenated alkanes) is 2. The van der Waals surface area contributed by atoms with Crippen LogP contribution >= 0.6 is 0 Å². The van der Waals surface area contributed by atoms with Gasteiger partial charge in [0.2, 0.25) is 0 Å². The van der Waals surface area contributed by atoms with E-state index in [0.717, 1.165) is 0 Å². The SMILES string of the molecule is CCCCCc1ccc2cc(-c3ccc(CCC)cc3)ccc2c1. The zero-order chi connectivity index (χ0) is 16.8. The van der Waals surface area contributed by atoms with Gasteiger partial charge in [0.1, 0.15) is 0 Å². The smallest absolute Gasteiger partial charge is 0.0178 e. The highest BCUT2D eigenvalue weighted by molar-refractivity contribution is 5.87. The van der Waals surface area contributed by atoms with Gasteiger partial charge in [0, 0.05) is 0 Å². The lowest BCUT2D eigenvalue weighted by Gasteiger charge is -2.08. The van der Waals surface area contributed by atoms with Gasteiger partial charge < -0.3 is 0 Å². The Kier molecular flexibility index (Phi) is 5.69. The van der Waals surface area contributed by atoms with Gasteiger partial charge in [-0.2, -0.15) is 0 Å². The Morgan fingerprint density at radius 2 is 1.21 bits per heavy atom. The summed E-state index contributed by atoms with van der Waals surface area (Å²) < 4.78 is 0. The first kappa shape index (κ1) is 16.8. The van der Waals surface area contributed by atoms with Crippen LogP contribution in [0.25, 0.3) is 21.9 Å². The highest BCUT2D eigenvalue weighted by atomic mass is 14.1. The molecular formula is C24H28. The fourth-order valence-corrected chi connectivity index (χ4v) is 3.36. The van der Waals surface area contributed by atoms with Gasteiger partial charge in [-0.05, 0) is 58.4 Å². The highest BCUT2D eigenvalue weighted by Gasteiger charge is 2.02. The molecule has 3 rings (SSSR count). The first-order valence-electron chi connectivity index (χ1n) is 9.42. The average Bonchev–Trinajstić information content (AvgIpc) is 2.62. The molecule has 0 bridgehead atoms. The summed E-state index contributed by atoms with van der Waals surface area (Å²) in [5.74, 6) is 0. The van der Waals surface area contributed by atoms with Crippen molar-refractivity contribution in [2.45, 2.75) is 52.4 Å². The van der Waals surface area contributed by atoms with Crippen molar-refractivity contribution in [2.75, 3.05) is 0 Å². The maximum absolute atomic E-state index is 2.36. The van der Waals surface area contributed by atoms with E-state index in [-0.39, 0.29) is 0 Å². The van der Waals surface area contributed by atoms with E-state index >= 15 is 0 Å². The largest absolute Gasteiger partial charge is 0.0654 e. The lowest BCUT2D eigenvalue weighted by Crippen LogP contribution is -1.87. The number of hydrogen-bond donors (Lipinski definition) is 0. The predicted octanol–water partition coefficient (Wildman–Crippen LogP) is 7.19. The van der Waals surface area contributed by atoms with Gasteiger partial charge in [-0.3, -0.25) is 0 Å². The second-order valence-corrected chi connectivity index (χ2v) is 6.80. The molecule has 0 aromatic heterocycles. The van der Waals surface area contributed by atoms with E-state index in [1.165, 1.54) is 71.6 Å². The molecule has 0 N–H and O–H groups in total. The molecule has 0 fully saturated rings. The summed E-state index contributed by atoms with van der Waals surface area (Å²) in [7, 11) is 0. The molecule has 124 valence electrons. The summed E-state index contributed by atoms with van der Waals surface area (Å²) in [5, 5.41) is 2.69. The Hall–Kier alpha value is -2.08. The van der Waals surface area contributed by atoms with Gasteiger partial charge in [0.15, 0.2) is 0 Å². The molecule has 0 saturated carbocycles.